The van der Waals surface area contributed by atoms with Crippen LogP contribution in [0.4, 0.5) is 18.9 Å². The second-order valence-electron chi connectivity index (χ2n) is 6.07. The van der Waals surface area contributed by atoms with Gasteiger partial charge in [0.05, 0.1) is 5.56 Å². The van der Waals surface area contributed by atoms with E-state index in [-0.39, 0.29) is 6.79 Å². The van der Waals surface area contributed by atoms with Gasteiger partial charge in [-0.15, -0.1) is 0 Å². The molecule has 0 radical (unpaired) electrons. The average molecular weight is 412 g/mol. The minimum absolute atomic E-state index is 0.0651. The molecule has 2 aromatic rings. The van der Waals surface area contributed by atoms with Gasteiger partial charge in [0, 0.05) is 24.0 Å². The van der Waals surface area contributed by atoms with Crippen LogP contribution in [0.25, 0.3) is 0 Å². The topological polar surface area (TPSA) is 95.9 Å². The number of anilines is 1. The number of nitrogens with one attached hydrogen (secondary N) is 1. The van der Waals surface area contributed by atoms with Crippen molar-refractivity contribution in [2.45, 2.75) is 25.7 Å². The van der Waals surface area contributed by atoms with Crippen LogP contribution in [-0.2, 0) is 27.0 Å². The molecule has 0 spiro atoms. The van der Waals surface area contributed by atoms with Crippen LogP contribution in [0.1, 0.15) is 12.5 Å². The third kappa shape index (κ3) is 4.86. The van der Waals surface area contributed by atoms with Crippen LogP contribution in [0, 0.1) is 0 Å². The summed E-state index contributed by atoms with van der Waals surface area (Å²) in [6, 6.07) is 5.99. The predicted octanol–water partition coefficient (Wildman–Crippen LogP) is 2.17. The molecule has 1 unspecified atom stereocenters. The minimum atomic E-state index is -4.67. The number of fused-ring (bicyclic) bond motifs is 1. The van der Waals surface area contributed by atoms with Gasteiger partial charge in [0.2, 0.25) is 6.79 Å². The van der Waals surface area contributed by atoms with Gasteiger partial charge in [-0.25, -0.2) is 0 Å². The van der Waals surface area contributed by atoms with Crippen LogP contribution in [-0.4, -0.2) is 29.3 Å². The molecule has 1 aliphatic heterocycles. The first-order chi connectivity index (χ1) is 13.6. The molecule has 8 nitrogen and oxygen atoms in total. The van der Waals surface area contributed by atoms with Gasteiger partial charge >= 0.3 is 12.1 Å². The molecule has 1 aliphatic rings. The zero-order valence-corrected chi connectivity index (χ0v) is 15.0. The van der Waals surface area contributed by atoms with Crippen molar-refractivity contribution in [3.63, 3.8) is 0 Å². The quantitative estimate of drug-likeness (QED) is 0.757. The maximum atomic E-state index is 12.7. The summed E-state index contributed by atoms with van der Waals surface area (Å²) in [5.41, 5.74) is -1.53. The molecule has 154 valence electrons. The minimum Gasteiger partial charge on any atom is -0.454 e. The van der Waals surface area contributed by atoms with E-state index in [9.17, 15) is 27.6 Å². The van der Waals surface area contributed by atoms with Gasteiger partial charge in [0.1, 0.15) is 6.54 Å². The zero-order valence-electron chi connectivity index (χ0n) is 15.0. The molecule has 1 atom stereocenters. The maximum absolute atomic E-state index is 12.7. The lowest BCUT2D eigenvalue weighted by molar-refractivity contribution is -0.154. The lowest BCUT2D eigenvalue weighted by Gasteiger charge is -2.15. The highest BCUT2D eigenvalue weighted by Gasteiger charge is 2.31. The molecule has 1 aromatic heterocycles. The molecule has 1 aromatic carbocycles. The smallest absolute Gasteiger partial charge is 0.417 e. The van der Waals surface area contributed by atoms with Crippen molar-refractivity contribution in [3.8, 4) is 11.5 Å². The zero-order chi connectivity index (χ0) is 21.2. The van der Waals surface area contributed by atoms with Gasteiger partial charge in [-0.1, -0.05) is 0 Å². The number of nitrogens with zero attached hydrogens (tertiary/aromatic N) is 1. The summed E-state index contributed by atoms with van der Waals surface area (Å²) in [4.78, 5) is 35.8. The molecule has 0 bridgehead atoms. The number of ether oxygens (including phenoxy) is 3. The van der Waals surface area contributed by atoms with Crippen molar-refractivity contribution >= 4 is 17.6 Å². The molecule has 0 saturated heterocycles. The van der Waals surface area contributed by atoms with Gasteiger partial charge in [-0.3, -0.25) is 14.4 Å². The summed E-state index contributed by atoms with van der Waals surface area (Å²) >= 11 is 0. The summed E-state index contributed by atoms with van der Waals surface area (Å²) in [5, 5.41) is 2.51. The van der Waals surface area contributed by atoms with Crippen molar-refractivity contribution in [3.05, 3.63) is 52.4 Å². The standard InChI is InChI=1S/C18H15F3N2O6/c1-10(17(26)22-12-3-4-13-14(6-12)28-9-27-13)29-16(25)8-23-7-11(18(19,20)21)2-5-15(23)24/h2-7,10H,8-9H2,1H3,(H,22,26). The Morgan fingerprint density at radius 1 is 1.21 bits per heavy atom. The molecule has 2 heterocycles. The summed E-state index contributed by atoms with van der Waals surface area (Å²) in [5.74, 6) is -0.751. The highest BCUT2D eigenvalue weighted by molar-refractivity contribution is 5.95. The summed E-state index contributed by atoms with van der Waals surface area (Å²) in [6.07, 6.45) is -5.41. The Bertz CT molecular complexity index is 1000. The largest absolute Gasteiger partial charge is 0.454 e. The SMILES string of the molecule is CC(OC(=O)Cn1cc(C(F)(F)F)ccc1=O)C(=O)Nc1ccc2c(c1)OCO2. The Labute approximate surface area is 161 Å². The van der Waals surface area contributed by atoms with E-state index in [1.807, 2.05) is 0 Å². The molecule has 0 saturated carbocycles. The van der Waals surface area contributed by atoms with Crippen LogP contribution in [0.3, 0.4) is 0 Å². The third-order valence-corrected chi connectivity index (χ3v) is 3.93. The third-order valence-electron chi connectivity index (χ3n) is 3.93. The van der Waals surface area contributed by atoms with E-state index >= 15 is 0 Å². The number of halogens is 3. The van der Waals surface area contributed by atoms with Crippen molar-refractivity contribution in [1.29, 1.82) is 0 Å². The van der Waals surface area contributed by atoms with E-state index in [0.29, 0.717) is 40.1 Å². The molecule has 0 aliphatic carbocycles. The van der Waals surface area contributed by atoms with Crippen LogP contribution >= 0.6 is 0 Å². The summed E-state index contributed by atoms with van der Waals surface area (Å²) in [7, 11) is 0. The second-order valence-corrected chi connectivity index (χ2v) is 6.07. The normalized spacial score (nSPS) is 13.7. The number of carbonyl (C=O) groups is 2. The van der Waals surface area contributed by atoms with E-state index < -0.39 is 41.8 Å². The van der Waals surface area contributed by atoms with Crippen LogP contribution in [0.5, 0.6) is 11.5 Å². The average Bonchev–Trinajstić information content (AvgIpc) is 3.10. The van der Waals surface area contributed by atoms with Gasteiger partial charge in [0.15, 0.2) is 17.6 Å². The molecular weight excluding hydrogens is 397 g/mol. The van der Waals surface area contributed by atoms with E-state index in [1.54, 1.807) is 12.1 Å². The fourth-order valence-electron chi connectivity index (χ4n) is 2.47. The Balaban J connectivity index is 1.60. The first-order valence-electron chi connectivity index (χ1n) is 8.31. The molecule has 0 fully saturated rings. The lowest BCUT2D eigenvalue weighted by atomic mass is 10.2. The number of amides is 1. The Kier molecular flexibility index (Phi) is 5.48. The first-order valence-corrected chi connectivity index (χ1v) is 8.31. The predicted molar refractivity (Wildman–Crippen MR) is 92.5 cm³/mol. The second kappa shape index (κ2) is 7.86. The molecule has 11 heteroatoms. The van der Waals surface area contributed by atoms with E-state index in [2.05, 4.69) is 5.32 Å². The molecule has 1 amide bonds. The van der Waals surface area contributed by atoms with E-state index in [1.165, 1.54) is 13.0 Å². The fraction of sp³-hybridized carbons (Fsp3) is 0.278. The Morgan fingerprint density at radius 3 is 2.66 bits per heavy atom. The number of hydrogen-bond acceptors (Lipinski definition) is 6. The number of hydrogen-bond donors (Lipinski definition) is 1. The fourth-order valence-corrected chi connectivity index (χ4v) is 2.47. The highest BCUT2D eigenvalue weighted by atomic mass is 19.4. The first kappa shape index (κ1) is 20.2. The number of pyridine rings is 1. The van der Waals surface area contributed by atoms with E-state index in [4.69, 9.17) is 14.2 Å². The monoisotopic (exact) mass is 412 g/mol. The van der Waals surface area contributed by atoms with Gasteiger partial charge in [-0.05, 0) is 25.1 Å². The Hall–Kier alpha value is -3.50. The molecule has 3 rings (SSSR count). The van der Waals surface area contributed by atoms with Gasteiger partial charge < -0.3 is 24.1 Å². The number of rotatable bonds is 5. The van der Waals surface area contributed by atoms with Crippen LogP contribution in [0.2, 0.25) is 0 Å². The van der Waals surface area contributed by atoms with Crippen molar-refractivity contribution in [2.75, 3.05) is 12.1 Å². The molecule has 29 heavy (non-hydrogen) atoms. The summed E-state index contributed by atoms with van der Waals surface area (Å²) in [6.45, 7) is 0.579. The number of carbonyl (C=O) groups excluding carboxylic acids is 2. The maximum Gasteiger partial charge on any atom is 0.417 e. The van der Waals surface area contributed by atoms with Crippen molar-refractivity contribution < 1.29 is 37.0 Å². The van der Waals surface area contributed by atoms with E-state index in [0.717, 1.165) is 0 Å². The lowest BCUT2D eigenvalue weighted by Crippen LogP contribution is -2.33. The van der Waals surface area contributed by atoms with Crippen molar-refractivity contribution in [1.82, 2.24) is 4.57 Å². The number of benzene rings is 1. The summed E-state index contributed by atoms with van der Waals surface area (Å²) < 4.78 is 54.0. The van der Waals surface area contributed by atoms with Gasteiger partial charge in [0.25, 0.3) is 11.5 Å². The highest BCUT2D eigenvalue weighted by Crippen LogP contribution is 2.34. The Morgan fingerprint density at radius 2 is 1.93 bits per heavy atom. The molecule has 1 N–H and O–H groups in total. The van der Waals surface area contributed by atoms with Crippen LogP contribution in [0.15, 0.2) is 41.3 Å². The molecular formula is C18H15F3N2O6. The van der Waals surface area contributed by atoms with Crippen LogP contribution < -0.4 is 20.3 Å². The van der Waals surface area contributed by atoms with Gasteiger partial charge in [-0.2, -0.15) is 13.2 Å². The number of aromatic nitrogens is 1. The number of alkyl halides is 3. The van der Waals surface area contributed by atoms with Crippen molar-refractivity contribution in [2.24, 2.45) is 0 Å². The number of esters is 1.